The van der Waals surface area contributed by atoms with Crippen molar-refractivity contribution in [3.8, 4) is 0 Å². The molecule has 1 atom stereocenters. The van der Waals surface area contributed by atoms with Gasteiger partial charge in [-0.1, -0.05) is 29.8 Å². The SMILES string of the molecule is Cc1cccc(C2(C)CCCN2)c1Cl. The minimum absolute atomic E-state index is 0.0864. The van der Waals surface area contributed by atoms with E-state index in [1.165, 1.54) is 24.0 Å². The molecule has 0 saturated carbocycles. The number of rotatable bonds is 1. The molecule has 1 saturated heterocycles. The molecule has 1 aliphatic rings. The van der Waals surface area contributed by atoms with Crippen LogP contribution in [0.2, 0.25) is 5.02 Å². The zero-order chi connectivity index (χ0) is 10.2. The van der Waals surface area contributed by atoms with Gasteiger partial charge in [-0.05, 0) is 44.4 Å². The zero-order valence-electron chi connectivity index (χ0n) is 8.73. The molecule has 1 aliphatic heterocycles. The molecule has 2 rings (SSSR count). The summed E-state index contributed by atoms with van der Waals surface area (Å²) in [6.45, 7) is 5.39. The van der Waals surface area contributed by atoms with E-state index in [0.29, 0.717) is 0 Å². The lowest BCUT2D eigenvalue weighted by atomic mass is 9.89. The van der Waals surface area contributed by atoms with Crippen LogP contribution in [0.25, 0.3) is 0 Å². The molecule has 1 N–H and O–H groups in total. The fraction of sp³-hybridized carbons (Fsp3) is 0.500. The van der Waals surface area contributed by atoms with E-state index in [1.807, 2.05) is 0 Å². The van der Waals surface area contributed by atoms with E-state index < -0.39 is 0 Å². The lowest BCUT2D eigenvalue weighted by Gasteiger charge is -2.26. The second kappa shape index (κ2) is 3.56. The third-order valence-corrected chi connectivity index (χ3v) is 3.66. The number of hydrogen-bond acceptors (Lipinski definition) is 1. The Morgan fingerprint density at radius 1 is 1.43 bits per heavy atom. The molecule has 0 aromatic heterocycles. The summed E-state index contributed by atoms with van der Waals surface area (Å²) in [4.78, 5) is 0. The summed E-state index contributed by atoms with van der Waals surface area (Å²) in [5.41, 5.74) is 2.50. The van der Waals surface area contributed by atoms with Gasteiger partial charge < -0.3 is 5.32 Å². The third-order valence-electron chi connectivity index (χ3n) is 3.15. The van der Waals surface area contributed by atoms with Crippen molar-refractivity contribution in [2.24, 2.45) is 0 Å². The largest absolute Gasteiger partial charge is 0.308 e. The molecule has 1 nitrogen and oxygen atoms in total. The Balaban J connectivity index is 2.45. The summed E-state index contributed by atoms with van der Waals surface area (Å²) in [6.07, 6.45) is 2.41. The average Bonchev–Trinajstić information content (AvgIpc) is 2.58. The first-order valence-electron chi connectivity index (χ1n) is 5.14. The number of halogens is 1. The molecular weight excluding hydrogens is 194 g/mol. The predicted octanol–water partition coefficient (Wildman–Crippen LogP) is 3.25. The second-order valence-electron chi connectivity index (χ2n) is 4.30. The van der Waals surface area contributed by atoms with Gasteiger partial charge in [-0.2, -0.15) is 0 Å². The minimum atomic E-state index is 0.0864. The van der Waals surface area contributed by atoms with E-state index >= 15 is 0 Å². The highest BCUT2D eigenvalue weighted by Crippen LogP contribution is 2.35. The molecule has 1 fully saturated rings. The summed E-state index contributed by atoms with van der Waals surface area (Å²) >= 11 is 6.32. The molecule has 1 unspecified atom stereocenters. The van der Waals surface area contributed by atoms with Crippen LogP contribution in [-0.2, 0) is 5.54 Å². The Kier molecular flexibility index (Phi) is 2.54. The normalized spacial score (nSPS) is 26.8. The minimum Gasteiger partial charge on any atom is -0.308 e. The monoisotopic (exact) mass is 209 g/mol. The summed E-state index contributed by atoms with van der Waals surface area (Å²) in [5.74, 6) is 0. The standard InChI is InChI=1S/C12H16ClN/c1-9-5-3-6-10(11(9)13)12(2)7-4-8-14-12/h3,5-6,14H,4,7-8H2,1-2H3. The van der Waals surface area contributed by atoms with Gasteiger partial charge in [-0.25, -0.2) is 0 Å². The van der Waals surface area contributed by atoms with Crippen molar-refractivity contribution >= 4 is 11.6 Å². The smallest absolute Gasteiger partial charge is 0.0485 e. The Morgan fingerprint density at radius 3 is 2.86 bits per heavy atom. The van der Waals surface area contributed by atoms with Crippen molar-refractivity contribution in [3.05, 3.63) is 34.3 Å². The number of benzene rings is 1. The van der Waals surface area contributed by atoms with Crippen molar-refractivity contribution in [2.45, 2.75) is 32.2 Å². The Bertz CT molecular complexity index is 340. The quantitative estimate of drug-likeness (QED) is 0.749. The molecule has 14 heavy (non-hydrogen) atoms. The predicted molar refractivity (Wildman–Crippen MR) is 60.8 cm³/mol. The van der Waals surface area contributed by atoms with Crippen LogP contribution < -0.4 is 5.32 Å². The summed E-state index contributed by atoms with van der Waals surface area (Å²) < 4.78 is 0. The van der Waals surface area contributed by atoms with Gasteiger partial charge in [0, 0.05) is 10.6 Å². The van der Waals surface area contributed by atoms with Crippen LogP contribution in [0, 0.1) is 6.92 Å². The van der Waals surface area contributed by atoms with Gasteiger partial charge in [0.2, 0.25) is 0 Å². The number of aryl methyl sites for hydroxylation is 1. The highest BCUT2D eigenvalue weighted by atomic mass is 35.5. The van der Waals surface area contributed by atoms with Gasteiger partial charge in [-0.3, -0.25) is 0 Å². The zero-order valence-corrected chi connectivity index (χ0v) is 9.49. The molecular formula is C12H16ClN. The molecule has 1 aromatic carbocycles. The third kappa shape index (κ3) is 1.55. The first-order chi connectivity index (χ1) is 6.63. The van der Waals surface area contributed by atoms with Crippen LogP contribution >= 0.6 is 11.6 Å². The first-order valence-corrected chi connectivity index (χ1v) is 5.52. The lowest BCUT2D eigenvalue weighted by Crippen LogP contribution is -2.33. The maximum atomic E-state index is 6.32. The first kappa shape index (κ1) is 10.0. The highest BCUT2D eigenvalue weighted by Gasteiger charge is 2.31. The Labute approximate surface area is 90.5 Å². The summed E-state index contributed by atoms with van der Waals surface area (Å²) in [6, 6.07) is 6.28. The molecule has 1 aromatic rings. The van der Waals surface area contributed by atoms with E-state index in [-0.39, 0.29) is 5.54 Å². The molecule has 0 aliphatic carbocycles. The summed E-state index contributed by atoms with van der Waals surface area (Å²) in [5, 5.41) is 4.45. The number of hydrogen-bond donors (Lipinski definition) is 1. The Morgan fingerprint density at radius 2 is 2.21 bits per heavy atom. The van der Waals surface area contributed by atoms with Gasteiger partial charge >= 0.3 is 0 Å². The van der Waals surface area contributed by atoms with E-state index in [4.69, 9.17) is 11.6 Å². The molecule has 0 spiro atoms. The molecule has 0 bridgehead atoms. The van der Waals surface area contributed by atoms with Gasteiger partial charge in [0.05, 0.1) is 0 Å². The summed E-state index contributed by atoms with van der Waals surface area (Å²) in [7, 11) is 0. The highest BCUT2D eigenvalue weighted by molar-refractivity contribution is 6.32. The fourth-order valence-electron chi connectivity index (χ4n) is 2.20. The number of nitrogens with one attached hydrogen (secondary N) is 1. The van der Waals surface area contributed by atoms with Crippen molar-refractivity contribution in [3.63, 3.8) is 0 Å². The second-order valence-corrected chi connectivity index (χ2v) is 4.68. The maximum Gasteiger partial charge on any atom is 0.0485 e. The molecule has 2 heteroatoms. The van der Waals surface area contributed by atoms with E-state index in [0.717, 1.165) is 11.6 Å². The molecule has 0 amide bonds. The average molecular weight is 210 g/mol. The van der Waals surface area contributed by atoms with Gasteiger partial charge in [0.1, 0.15) is 0 Å². The maximum absolute atomic E-state index is 6.32. The molecule has 1 heterocycles. The van der Waals surface area contributed by atoms with Crippen LogP contribution in [0.15, 0.2) is 18.2 Å². The van der Waals surface area contributed by atoms with E-state index in [9.17, 15) is 0 Å². The van der Waals surface area contributed by atoms with Crippen molar-refractivity contribution in [1.29, 1.82) is 0 Å². The van der Waals surface area contributed by atoms with Crippen LogP contribution in [0.5, 0.6) is 0 Å². The van der Waals surface area contributed by atoms with E-state index in [1.54, 1.807) is 0 Å². The van der Waals surface area contributed by atoms with Crippen molar-refractivity contribution in [2.75, 3.05) is 6.54 Å². The molecule has 76 valence electrons. The Hall–Kier alpha value is -0.530. The van der Waals surface area contributed by atoms with Crippen LogP contribution in [0.4, 0.5) is 0 Å². The van der Waals surface area contributed by atoms with Crippen LogP contribution in [-0.4, -0.2) is 6.54 Å². The molecule has 0 radical (unpaired) electrons. The van der Waals surface area contributed by atoms with Gasteiger partial charge in [0.15, 0.2) is 0 Å². The fourth-order valence-corrected chi connectivity index (χ4v) is 2.53. The van der Waals surface area contributed by atoms with Crippen molar-refractivity contribution < 1.29 is 0 Å². The van der Waals surface area contributed by atoms with Crippen molar-refractivity contribution in [1.82, 2.24) is 5.32 Å². The van der Waals surface area contributed by atoms with Gasteiger partial charge in [-0.15, -0.1) is 0 Å². The van der Waals surface area contributed by atoms with Gasteiger partial charge in [0.25, 0.3) is 0 Å². The topological polar surface area (TPSA) is 12.0 Å². The van der Waals surface area contributed by atoms with Crippen LogP contribution in [0.3, 0.4) is 0 Å². The van der Waals surface area contributed by atoms with E-state index in [2.05, 4.69) is 37.4 Å². The lowest BCUT2D eigenvalue weighted by molar-refractivity contribution is 0.435. The van der Waals surface area contributed by atoms with Crippen LogP contribution in [0.1, 0.15) is 30.9 Å².